The van der Waals surface area contributed by atoms with Gasteiger partial charge in [-0.3, -0.25) is 0 Å². The second-order valence-electron chi connectivity index (χ2n) is 6.04. The summed E-state index contributed by atoms with van der Waals surface area (Å²) in [6.45, 7) is 4.61. The number of ether oxygens (including phenoxy) is 2. The molecular weight excluding hydrogens is 270 g/mol. The Hall–Kier alpha value is -0.980. The predicted octanol–water partition coefficient (Wildman–Crippen LogP) is 1.97. The van der Waals surface area contributed by atoms with Gasteiger partial charge in [-0.2, -0.15) is 4.98 Å². The fraction of sp³-hybridized carbons (Fsp3) is 0.867. The van der Waals surface area contributed by atoms with Crippen molar-refractivity contribution in [2.24, 2.45) is 0 Å². The van der Waals surface area contributed by atoms with Crippen molar-refractivity contribution in [3.8, 4) is 0 Å². The van der Waals surface area contributed by atoms with E-state index in [0.717, 1.165) is 45.3 Å². The van der Waals surface area contributed by atoms with Crippen LogP contribution >= 0.6 is 0 Å². The van der Waals surface area contributed by atoms with E-state index in [-0.39, 0.29) is 11.5 Å². The molecule has 118 valence electrons. The molecule has 1 N–H and O–H groups in total. The summed E-state index contributed by atoms with van der Waals surface area (Å²) in [5, 5.41) is 7.75. The Kier molecular flexibility index (Phi) is 4.57. The Bertz CT molecular complexity index is 453. The maximum absolute atomic E-state index is 5.62. The Balaban J connectivity index is 1.74. The molecule has 1 saturated heterocycles. The first-order valence-electron chi connectivity index (χ1n) is 7.99. The first-order chi connectivity index (χ1) is 10.3. The highest BCUT2D eigenvalue weighted by Crippen LogP contribution is 2.43. The van der Waals surface area contributed by atoms with E-state index in [1.807, 2.05) is 0 Å². The zero-order valence-corrected chi connectivity index (χ0v) is 12.9. The lowest BCUT2D eigenvalue weighted by atomic mass is 9.79. The maximum atomic E-state index is 5.62. The third-order valence-corrected chi connectivity index (χ3v) is 4.73. The van der Waals surface area contributed by atoms with Crippen molar-refractivity contribution in [3.05, 3.63) is 11.7 Å². The maximum Gasteiger partial charge on any atom is 0.233 e. The summed E-state index contributed by atoms with van der Waals surface area (Å²) in [6.07, 6.45) is 5.21. The molecule has 1 aliphatic carbocycles. The number of hydrogen-bond acceptors (Lipinski definition) is 6. The van der Waals surface area contributed by atoms with Crippen LogP contribution in [0.5, 0.6) is 0 Å². The summed E-state index contributed by atoms with van der Waals surface area (Å²) in [4.78, 5) is 4.63. The lowest BCUT2D eigenvalue weighted by molar-refractivity contribution is -0.0858. The molecule has 6 heteroatoms. The van der Waals surface area contributed by atoms with E-state index in [1.54, 1.807) is 7.11 Å². The fourth-order valence-electron chi connectivity index (χ4n) is 3.14. The summed E-state index contributed by atoms with van der Waals surface area (Å²) in [5.74, 6) is 1.52. The zero-order valence-electron chi connectivity index (χ0n) is 12.9. The van der Waals surface area contributed by atoms with Crippen molar-refractivity contribution >= 4 is 0 Å². The van der Waals surface area contributed by atoms with Gasteiger partial charge >= 0.3 is 0 Å². The minimum Gasteiger partial charge on any atom is -0.381 e. The molecule has 0 bridgehead atoms. The first kappa shape index (κ1) is 14.9. The van der Waals surface area contributed by atoms with Crippen molar-refractivity contribution < 1.29 is 14.0 Å². The Morgan fingerprint density at radius 2 is 2.29 bits per heavy atom. The van der Waals surface area contributed by atoms with Crippen LogP contribution in [0.3, 0.4) is 0 Å². The molecule has 0 amide bonds. The smallest absolute Gasteiger partial charge is 0.233 e. The van der Waals surface area contributed by atoms with E-state index < -0.39 is 0 Å². The molecule has 0 aromatic carbocycles. The minimum atomic E-state index is -0.316. The Morgan fingerprint density at radius 1 is 1.43 bits per heavy atom. The number of nitrogens with zero attached hydrogens (tertiary/aromatic N) is 2. The number of aromatic nitrogens is 2. The van der Waals surface area contributed by atoms with Crippen molar-refractivity contribution in [2.75, 3.05) is 26.9 Å². The molecule has 1 aliphatic heterocycles. The highest BCUT2D eigenvalue weighted by atomic mass is 16.5. The van der Waals surface area contributed by atoms with Gasteiger partial charge in [0.25, 0.3) is 0 Å². The van der Waals surface area contributed by atoms with Gasteiger partial charge in [-0.25, -0.2) is 0 Å². The molecule has 2 aliphatic rings. The molecule has 3 rings (SSSR count). The SMILES string of the molecule is CCCNC1CCOCC1c1nc(C2(OC)CCC2)no1. The van der Waals surface area contributed by atoms with Crippen LogP contribution in [0.2, 0.25) is 0 Å². The van der Waals surface area contributed by atoms with Gasteiger partial charge < -0.3 is 19.3 Å². The predicted molar refractivity (Wildman–Crippen MR) is 77.1 cm³/mol. The number of rotatable bonds is 6. The largest absolute Gasteiger partial charge is 0.381 e. The molecule has 2 atom stereocenters. The lowest BCUT2D eigenvalue weighted by Crippen LogP contribution is -2.42. The normalized spacial score (nSPS) is 28.3. The number of hydrogen-bond donors (Lipinski definition) is 1. The van der Waals surface area contributed by atoms with Crippen LogP contribution in [0.15, 0.2) is 4.52 Å². The third kappa shape index (κ3) is 2.84. The second kappa shape index (κ2) is 6.42. The van der Waals surface area contributed by atoms with E-state index in [0.29, 0.717) is 24.4 Å². The van der Waals surface area contributed by atoms with Crippen LogP contribution in [-0.2, 0) is 15.1 Å². The van der Waals surface area contributed by atoms with Crippen molar-refractivity contribution in [2.45, 2.75) is 56.6 Å². The summed E-state index contributed by atoms with van der Waals surface area (Å²) in [7, 11) is 1.73. The van der Waals surface area contributed by atoms with Gasteiger partial charge in [-0.1, -0.05) is 12.1 Å². The van der Waals surface area contributed by atoms with Crippen molar-refractivity contribution in [1.29, 1.82) is 0 Å². The van der Waals surface area contributed by atoms with E-state index in [9.17, 15) is 0 Å². The standard InChI is InChI=1S/C15H25N3O3/c1-3-8-16-12-5-9-20-10-11(12)13-17-14(18-21-13)15(19-2)6-4-7-15/h11-12,16H,3-10H2,1-2H3. The first-order valence-corrected chi connectivity index (χ1v) is 7.99. The van der Waals surface area contributed by atoms with Crippen LogP contribution in [0.4, 0.5) is 0 Å². The average Bonchev–Trinajstić information content (AvgIpc) is 2.95. The van der Waals surface area contributed by atoms with Crippen LogP contribution in [-0.4, -0.2) is 43.1 Å². The second-order valence-corrected chi connectivity index (χ2v) is 6.04. The summed E-state index contributed by atoms with van der Waals surface area (Å²) >= 11 is 0. The van der Waals surface area contributed by atoms with Gasteiger partial charge in [-0.15, -0.1) is 0 Å². The van der Waals surface area contributed by atoms with Crippen LogP contribution in [0.1, 0.15) is 56.7 Å². The van der Waals surface area contributed by atoms with Gasteiger partial charge in [0.05, 0.1) is 12.5 Å². The molecular formula is C15H25N3O3. The molecule has 1 saturated carbocycles. The van der Waals surface area contributed by atoms with E-state index >= 15 is 0 Å². The molecule has 1 aromatic heterocycles. The van der Waals surface area contributed by atoms with E-state index in [2.05, 4.69) is 22.4 Å². The molecule has 0 radical (unpaired) electrons. The van der Waals surface area contributed by atoms with Crippen LogP contribution < -0.4 is 5.32 Å². The third-order valence-electron chi connectivity index (χ3n) is 4.73. The van der Waals surface area contributed by atoms with Crippen molar-refractivity contribution in [1.82, 2.24) is 15.5 Å². The number of methoxy groups -OCH3 is 1. The zero-order chi connectivity index (χ0) is 14.7. The molecule has 6 nitrogen and oxygen atoms in total. The van der Waals surface area contributed by atoms with E-state index in [4.69, 9.17) is 14.0 Å². The molecule has 2 fully saturated rings. The van der Waals surface area contributed by atoms with Gasteiger partial charge in [0, 0.05) is 19.8 Å². The average molecular weight is 295 g/mol. The molecule has 2 heterocycles. The van der Waals surface area contributed by atoms with Gasteiger partial charge in [0.15, 0.2) is 0 Å². The van der Waals surface area contributed by atoms with E-state index in [1.165, 1.54) is 0 Å². The Labute approximate surface area is 125 Å². The number of nitrogens with one attached hydrogen (secondary N) is 1. The minimum absolute atomic E-state index is 0.139. The van der Waals surface area contributed by atoms with Gasteiger partial charge in [-0.05, 0) is 38.6 Å². The molecule has 21 heavy (non-hydrogen) atoms. The van der Waals surface area contributed by atoms with Gasteiger partial charge in [0.1, 0.15) is 5.60 Å². The summed E-state index contributed by atoms with van der Waals surface area (Å²) in [6, 6.07) is 0.354. The topological polar surface area (TPSA) is 69.4 Å². The van der Waals surface area contributed by atoms with Crippen LogP contribution in [0.25, 0.3) is 0 Å². The summed E-state index contributed by atoms with van der Waals surface area (Å²) < 4.78 is 16.8. The quantitative estimate of drug-likeness (QED) is 0.865. The molecule has 0 spiro atoms. The fourth-order valence-corrected chi connectivity index (χ4v) is 3.14. The highest BCUT2D eigenvalue weighted by Gasteiger charge is 2.44. The lowest BCUT2D eigenvalue weighted by Gasteiger charge is -2.37. The highest BCUT2D eigenvalue weighted by molar-refractivity contribution is 5.09. The van der Waals surface area contributed by atoms with Crippen LogP contribution in [0, 0.1) is 0 Å². The van der Waals surface area contributed by atoms with Gasteiger partial charge in [0.2, 0.25) is 11.7 Å². The molecule has 1 aromatic rings. The monoisotopic (exact) mass is 295 g/mol. The molecule has 2 unspecified atom stereocenters. The summed E-state index contributed by atoms with van der Waals surface area (Å²) in [5.41, 5.74) is -0.316. The Morgan fingerprint density at radius 3 is 2.95 bits per heavy atom. The van der Waals surface area contributed by atoms with Crippen molar-refractivity contribution in [3.63, 3.8) is 0 Å².